The van der Waals surface area contributed by atoms with Gasteiger partial charge in [-0.2, -0.15) is 0 Å². The molecule has 0 spiro atoms. The van der Waals surface area contributed by atoms with Crippen molar-refractivity contribution in [3.63, 3.8) is 0 Å². The fraction of sp³-hybridized carbons (Fsp3) is 0.533. The molecule has 0 aromatic heterocycles. The first-order chi connectivity index (χ1) is 9.13. The number of amides is 1. The molecular formula is C15H24N2O2. The normalized spacial score (nSPS) is 10.5. The molecule has 0 saturated carbocycles. The standard InChI is InChI=1S/C15H24N2O2/c1-12(2)8-9-16-11-15(18)17-10-13-6-4-5-7-14(13)19-3/h4-7,12,16H,8-11H2,1-3H3,(H,17,18). The third-order valence-corrected chi connectivity index (χ3v) is 2.85. The fourth-order valence-electron chi connectivity index (χ4n) is 1.70. The molecule has 0 aliphatic rings. The van der Waals surface area contributed by atoms with E-state index in [4.69, 9.17) is 4.74 Å². The van der Waals surface area contributed by atoms with E-state index >= 15 is 0 Å². The van der Waals surface area contributed by atoms with E-state index in [0.29, 0.717) is 19.0 Å². The monoisotopic (exact) mass is 264 g/mol. The zero-order valence-electron chi connectivity index (χ0n) is 12.0. The predicted molar refractivity (Wildman–Crippen MR) is 77.2 cm³/mol. The largest absolute Gasteiger partial charge is 0.496 e. The predicted octanol–water partition coefficient (Wildman–Crippen LogP) is 1.95. The molecule has 0 fully saturated rings. The van der Waals surface area contributed by atoms with Gasteiger partial charge in [0.25, 0.3) is 0 Å². The lowest BCUT2D eigenvalue weighted by Crippen LogP contribution is -2.34. The van der Waals surface area contributed by atoms with E-state index in [1.165, 1.54) is 0 Å². The first-order valence-electron chi connectivity index (χ1n) is 6.72. The van der Waals surface area contributed by atoms with Crippen LogP contribution in [0.4, 0.5) is 0 Å². The SMILES string of the molecule is COc1ccccc1CNC(=O)CNCCC(C)C. The molecule has 1 aromatic rings. The first kappa shape index (κ1) is 15.5. The highest BCUT2D eigenvalue weighted by molar-refractivity contribution is 5.78. The Kier molecular flexibility index (Phi) is 6.97. The molecular weight excluding hydrogens is 240 g/mol. The van der Waals surface area contributed by atoms with Crippen LogP contribution in [0.25, 0.3) is 0 Å². The van der Waals surface area contributed by atoms with Gasteiger partial charge < -0.3 is 15.4 Å². The van der Waals surface area contributed by atoms with Crippen molar-refractivity contribution in [2.24, 2.45) is 5.92 Å². The number of hydrogen-bond donors (Lipinski definition) is 2. The molecule has 4 nitrogen and oxygen atoms in total. The number of ether oxygens (including phenoxy) is 1. The van der Waals surface area contributed by atoms with Gasteiger partial charge in [-0.15, -0.1) is 0 Å². The Bertz CT molecular complexity index is 391. The number of hydrogen-bond acceptors (Lipinski definition) is 3. The summed E-state index contributed by atoms with van der Waals surface area (Å²) in [5.74, 6) is 1.47. The highest BCUT2D eigenvalue weighted by Crippen LogP contribution is 2.16. The number of nitrogens with one attached hydrogen (secondary N) is 2. The summed E-state index contributed by atoms with van der Waals surface area (Å²) in [7, 11) is 1.63. The minimum absolute atomic E-state index is 0.00895. The number of para-hydroxylation sites is 1. The quantitative estimate of drug-likeness (QED) is 0.706. The molecule has 1 aromatic carbocycles. The van der Waals surface area contributed by atoms with Gasteiger partial charge in [0.15, 0.2) is 0 Å². The Labute approximate surface area is 115 Å². The number of methoxy groups -OCH3 is 1. The van der Waals surface area contributed by atoms with Crippen molar-refractivity contribution in [2.75, 3.05) is 20.2 Å². The zero-order chi connectivity index (χ0) is 14.1. The molecule has 0 radical (unpaired) electrons. The van der Waals surface area contributed by atoms with Crippen LogP contribution in [0.15, 0.2) is 24.3 Å². The van der Waals surface area contributed by atoms with Crippen molar-refractivity contribution < 1.29 is 9.53 Å². The Balaban J connectivity index is 2.26. The Hall–Kier alpha value is -1.55. The first-order valence-corrected chi connectivity index (χ1v) is 6.72. The van der Waals surface area contributed by atoms with Gasteiger partial charge in [0.2, 0.25) is 5.91 Å². The fourth-order valence-corrected chi connectivity index (χ4v) is 1.70. The molecule has 0 aliphatic carbocycles. The van der Waals surface area contributed by atoms with Crippen LogP contribution in [-0.2, 0) is 11.3 Å². The summed E-state index contributed by atoms with van der Waals surface area (Å²) in [5, 5.41) is 6.02. The summed E-state index contributed by atoms with van der Waals surface area (Å²) < 4.78 is 5.24. The third-order valence-electron chi connectivity index (χ3n) is 2.85. The molecule has 0 atom stereocenters. The number of carbonyl (C=O) groups excluding carboxylic acids is 1. The van der Waals surface area contributed by atoms with Crippen LogP contribution >= 0.6 is 0 Å². The highest BCUT2D eigenvalue weighted by Gasteiger charge is 2.04. The van der Waals surface area contributed by atoms with Crippen molar-refractivity contribution >= 4 is 5.91 Å². The maximum Gasteiger partial charge on any atom is 0.234 e. The molecule has 0 saturated heterocycles. The Morgan fingerprint density at radius 1 is 1.32 bits per heavy atom. The summed E-state index contributed by atoms with van der Waals surface area (Å²) in [4.78, 5) is 11.6. The van der Waals surface area contributed by atoms with Crippen LogP contribution < -0.4 is 15.4 Å². The van der Waals surface area contributed by atoms with E-state index in [1.54, 1.807) is 7.11 Å². The summed E-state index contributed by atoms with van der Waals surface area (Å²) in [5.41, 5.74) is 0.987. The maximum absolute atomic E-state index is 11.6. The minimum Gasteiger partial charge on any atom is -0.496 e. The van der Waals surface area contributed by atoms with Crippen LogP contribution in [0, 0.1) is 5.92 Å². The molecule has 1 rings (SSSR count). The average Bonchev–Trinajstić information content (AvgIpc) is 2.41. The lowest BCUT2D eigenvalue weighted by atomic mass is 10.1. The smallest absolute Gasteiger partial charge is 0.234 e. The van der Waals surface area contributed by atoms with Crippen molar-refractivity contribution in [1.29, 1.82) is 0 Å². The molecule has 106 valence electrons. The highest BCUT2D eigenvalue weighted by atomic mass is 16.5. The van der Waals surface area contributed by atoms with Gasteiger partial charge >= 0.3 is 0 Å². The van der Waals surface area contributed by atoms with E-state index in [-0.39, 0.29) is 5.91 Å². The lowest BCUT2D eigenvalue weighted by molar-refractivity contribution is -0.120. The molecule has 19 heavy (non-hydrogen) atoms. The van der Waals surface area contributed by atoms with Crippen LogP contribution in [0.5, 0.6) is 5.75 Å². The van der Waals surface area contributed by atoms with Gasteiger partial charge in [0.05, 0.1) is 13.7 Å². The molecule has 1 amide bonds. The van der Waals surface area contributed by atoms with E-state index in [9.17, 15) is 4.79 Å². The second kappa shape index (κ2) is 8.53. The van der Waals surface area contributed by atoms with Crippen molar-refractivity contribution in [3.05, 3.63) is 29.8 Å². The van der Waals surface area contributed by atoms with Gasteiger partial charge in [0.1, 0.15) is 5.75 Å². The van der Waals surface area contributed by atoms with Crippen LogP contribution in [-0.4, -0.2) is 26.1 Å². The molecule has 0 bridgehead atoms. The van der Waals surface area contributed by atoms with Gasteiger partial charge in [-0.3, -0.25) is 4.79 Å². The van der Waals surface area contributed by atoms with Crippen LogP contribution in [0.2, 0.25) is 0 Å². The summed E-state index contributed by atoms with van der Waals surface area (Å²) in [6.45, 7) is 6.07. The second-order valence-electron chi connectivity index (χ2n) is 4.95. The molecule has 0 heterocycles. The van der Waals surface area contributed by atoms with Crippen molar-refractivity contribution in [3.8, 4) is 5.75 Å². The minimum atomic E-state index is 0.00895. The number of carbonyl (C=O) groups is 1. The van der Waals surface area contributed by atoms with Crippen LogP contribution in [0.3, 0.4) is 0 Å². The molecule has 4 heteroatoms. The summed E-state index contributed by atoms with van der Waals surface area (Å²) in [6, 6.07) is 7.69. The van der Waals surface area contributed by atoms with Crippen molar-refractivity contribution in [2.45, 2.75) is 26.8 Å². The van der Waals surface area contributed by atoms with Gasteiger partial charge in [-0.25, -0.2) is 0 Å². The zero-order valence-corrected chi connectivity index (χ0v) is 12.0. The van der Waals surface area contributed by atoms with Gasteiger partial charge in [0, 0.05) is 12.1 Å². The molecule has 2 N–H and O–H groups in total. The van der Waals surface area contributed by atoms with E-state index in [2.05, 4.69) is 24.5 Å². The molecule has 0 aliphatic heterocycles. The van der Waals surface area contributed by atoms with Crippen LogP contribution in [0.1, 0.15) is 25.8 Å². The molecule has 0 unspecified atom stereocenters. The maximum atomic E-state index is 11.6. The van der Waals surface area contributed by atoms with E-state index < -0.39 is 0 Å². The summed E-state index contributed by atoms with van der Waals surface area (Å²) >= 11 is 0. The summed E-state index contributed by atoms with van der Waals surface area (Å²) in [6.07, 6.45) is 1.08. The number of benzene rings is 1. The average molecular weight is 264 g/mol. The Morgan fingerprint density at radius 3 is 2.74 bits per heavy atom. The van der Waals surface area contributed by atoms with Gasteiger partial charge in [-0.1, -0.05) is 32.0 Å². The van der Waals surface area contributed by atoms with Gasteiger partial charge in [-0.05, 0) is 24.9 Å². The Morgan fingerprint density at radius 2 is 2.05 bits per heavy atom. The third kappa shape index (κ3) is 6.25. The number of rotatable bonds is 8. The van der Waals surface area contributed by atoms with Crippen molar-refractivity contribution in [1.82, 2.24) is 10.6 Å². The topological polar surface area (TPSA) is 50.4 Å². The van der Waals surface area contributed by atoms with E-state index in [1.807, 2.05) is 24.3 Å². The van der Waals surface area contributed by atoms with E-state index in [0.717, 1.165) is 24.3 Å². The lowest BCUT2D eigenvalue weighted by Gasteiger charge is -2.10. The second-order valence-corrected chi connectivity index (χ2v) is 4.95.